The fourth-order valence-corrected chi connectivity index (χ4v) is 3.85. The molecular formula is C19H36O11S2. The Labute approximate surface area is 193 Å². The molecular weight excluding hydrogens is 468 g/mol. The van der Waals surface area contributed by atoms with Crippen molar-refractivity contribution in [3.63, 3.8) is 0 Å². The monoisotopic (exact) mass is 504 g/mol. The molecule has 11 nitrogen and oxygen atoms in total. The normalized spacial score (nSPS) is 15.6. The highest BCUT2D eigenvalue weighted by Gasteiger charge is 2.24. The van der Waals surface area contributed by atoms with E-state index in [2.05, 4.69) is 4.33 Å². The Kier molecular flexibility index (Phi) is 17.0. The highest BCUT2D eigenvalue weighted by molar-refractivity contribution is 7.99. The van der Waals surface area contributed by atoms with E-state index in [0.29, 0.717) is 18.1 Å². The minimum Gasteiger partial charge on any atom is -0.465 e. The molecule has 0 rings (SSSR count). The van der Waals surface area contributed by atoms with E-state index in [1.165, 1.54) is 11.8 Å². The van der Waals surface area contributed by atoms with Crippen LogP contribution in [-0.2, 0) is 38.3 Å². The maximum Gasteiger partial charge on any atom is 0.309 e. The van der Waals surface area contributed by atoms with Gasteiger partial charge in [-0.25, -0.2) is 5.26 Å². The van der Waals surface area contributed by atoms with Crippen LogP contribution < -0.4 is 0 Å². The number of ether oxygens (including phenoxy) is 3. The van der Waals surface area contributed by atoms with Crippen molar-refractivity contribution >= 4 is 33.8 Å². The summed E-state index contributed by atoms with van der Waals surface area (Å²) >= 11 is 1.32. The zero-order valence-corrected chi connectivity index (χ0v) is 20.4. The quantitative estimate of drug-likeness (QED) is 0.0982. The van der Waals surface area contributed by atoms with Gasteiger partial charge in [-0.2, -0.15) is 20.2 Å². The largest absolute Gasteiger partial charge is 0.465 e. The number of hydrogen-bond donors (Lipinski definition) is 3. The lowest BCUT2D eigenvalue weighted by atomic mass is 10.1. The summed E-state index contributed by atoms with van der Waals surface area (Å²) in [5, 5.41) is 26.5. The van der Waals surface area contributed by atoms with Crippen molar-refractivity contribution in [3.8, 4) is 0 Å². The first-order chi connectivity index (χ1) is 15.0. The van der Waals surface area contributed by atoms with Crippen LogP contribution in [0.25, 0.3) is 0 Å². The number of hydrogen-bond acceptors (Lipinski definition) is 12. The summed E-state index contributed by atoms with van der Waals surface area (Å²) in [6, 6.07) is 0. The first-order valence-electron chi connectivity index (χ1n) is 10.4. The van der Waals surface area contributed by atoms with Gasteiger partial charge in [0.25, 0.3) is 10.1 Å². The topological polar surface area (TPSA) is 166 Å². The van der Waals surface area contributed by atoms with Gasteiger partial charge >= 0.3 is 11.9 Å². The van der Waals surface area contributed by atoms with Gasteiger partial charge in [0.2, 0.25) is 0 Å². The molecule has 0 spiro atoms. The lowest BCUT2D eigenvalue weighted by Gasteiger charge is -2.18. The molecule has 0 radical (unpaired) electrons. The SMILES string of the molecule is CCC(C)COCC(CS(=O)(=O)OO)OC(=O)CCCOC(=O)C(C)CSCC(O)CO. The molecule has 4 unspecified atom stereocenters. The minimum absolute atomic E-state index is 0.0184. The molecule has 0 aromatic carbocycles. The lowest BCUT2D eigenvalue weighted by Crippen LogP contribution is -2.32. The van der Waals surface area contributed by atoms with E-state index in [4.69, 9.17) is 24.6 Å². The standard InChI is InChI=1S/C19H36O11S2/c1-4-14(2)9-27-10-17(13-32(25,26)30-24)29-18(22)6-5-7-28-19(23)15(3)11-31-12-16(21)8-20/h14-17,20-21,24H,4-13H2,1-3H3. The first kappa shape index (κ1) is 31.0. The van der Waals surface area contributed by atoms with Crippen LogP contribution >= 0.6 is 11.8 Å². The highest BCUT2D eigenvalue weighted by Crippen LogP contribution is 2.12. The summed E-state index contributed by atoms with van der Waals surface area (Å²) < 4.78 is 42.0. The third-order valence-corrected chi connectivity index (χ3v) is 6.63. The van der Waals surface area contributed by atoms with Crippen molar-refractivity contribution < 1.29 is 52.0 Å². The van der Waals surface area contributed by atoms with Crippen LogP contribution in [0, 0.1) is 11.8 Å². The fraction of sp³-hybridized carbons (Fsp3) is 0.895. The van der Waals surface area contributed by atoms with Crippen LogP contribution in [0.5, 0.6) is 0 Å². The van der Waals surface area contributed by atoms with Gasteiger partial charge in [-0.05, 0) is 12.3 Å². The zero-order chi connectivity index (χ0) is 24.6. The van der Waals surface area contributed by atoms with Crippen molar-refractivity contribution in [2.24, 2.45) is 11.8 Å². The second-order valence-corrected chi connectivity index (χ2v) is 10.2. The molecule has 0 bridgehead atoms. The average Bonchev–Trinajstić information content (AvgIpc) is 2.75. The summed E-state index contributed by atoms with van der Waals surface area (Å²) in [7, 11) is -4.28. The third-order valence-electron chi connectivity index (χ3n) is 4.27. The Hall–Kier alpha value is -0.960. The van der Waals surface area contributed by atoms with E-state index in [9.17, 15) is 23.1 Å². The molecule has 32 heavy (non-hydrogen) atoms. The predicted molar refractivity (Wildman–Crippen MR) is 117 cm³/mol. The van der Waals surface area contributed by atoms with E-state index in [1.807, 2.05) is 13.8 Å². The van der Waals surface area contributed by atoms with E-state index >= 15 is 0 Å². The van der Waals surface area contributed by atoms with E-state index in [-0.39, 0.29) is 38.6 Å². The van der Waals surface area contributed by atoms with Crippen LogP contribution in [0.2, 0.25) is 0 Å². The van der Waals surface area contributed by atoms with Gasteiger partial charge in [-0.3, -0.25) is 9.59 Å². The summed E-state index contributed by atoms with van der Waals surface area (Å²) in [6.45, 7) is 5.42. The molecule has 0 aliphatic rings. The summed E-state index contributed by atoms with van der Waals surface area (Å²) in [5.41, 5.74) is 0. The van der Waals surface area contributed by atoms with Gasteiger partial charge in [0.15, 0.2) is 0 Å². The number of carbonyl (C=O) groups is 2. The molecule has 0 aliphatic carbocycles. The van der Waals surface area contributed by atoms with Gasteiger partial charge in [0.1, 0.15) is 11.9 Å². The van der Waals surface area contributed by atoms with Crippen molar-refractivity contribution in [3.05, 3.63) is 0 Å². The van der Waals surface area contributed by atoms with Crippen molar-refractivity contribution in [1.29, 1.82) is 0 Å². The molecule has 4 atom stereocenters. The summed E-state index contributed by atoms with van der Waals surface area (Å²) in [4.78, 5) is 23.9. The molecule has 13 heteroatoms. The number of rotatable bonds is 19. The molecule has 190 valence electrons. The Bertz CT molecular complexity index is 627. The number of aliphatic hydroxyl groups is 2. The van der Waals surface area contributed by atoms with Crippen LogP contribution in [0.4, 0.5) is 0 Å². The van der Waals surface area contributed by atoms with E-state index in [1.54, 1.807) is 6.92 Å². The van der Waals surface area contributed by atoms with Crippen molar-refractivity contribution in [1.82, 2.24) is 0 Å². The lowest BCUT2D eigenvalue weighted by molar-refractivity contribution is -0.154. The fourth-order valence-electron chi connectivity index (χ4n) is 2.17. The summed E-state index contributed by atoms with van der Waals surface area (Å²) in [5.74, 6) is -1.37. The number of thioether (sulfide) groups is 1. The average molecular weight is 505 g/mol. The van der Waals surface area contributed by atoms with Gasteiger partial charge in [0.05, 0.1) is 31.8 Å². The zero-order valence-electron chi connectivity index (χ0n) is 18.8. The molecule has 0 aliphatic heterocycles. The van der Waals surface area contributed by atoms with E-state index < -0.39 is 45.9 Å². The molecule has 0 amide bonds. The Morgan fingerprint density at radius 1 is 1.12 bits per heavy atom. The highest BCUT2D eigenvalue weighted by atomic mass is 32.2. The maximum absolute atomic E-state index is 12.0. The van der Waals surface area contributed by atoms with Gasteiger partial charge in [-0.15, -0.1) is 4.33 Å². The predicted octanol–water partition coefficient (Wildman–Crippen LogP) is 0.826. The minimum atomic E-state index is -4.28. The van der Waals surface area contributed by atoms with Crippen LogP contribution in [0.3, 0.4) is 0 Å². The molecule has 0 saturated heterocycles. The van der Waals surface area contributed by atoms with Gasteiger partial charge < -0.3 is 24.4 Å². The van der Waals surface area contributed by atoms with Crippen molar-refractivity contribution in [2.75, 3.05) is 43.7 Å². The summed E-state index contributed by atoms with van der Waals surface area (Å²) in [6.07, 6.45) is -1.06. The van der Waals surface area contributed by atoms with Crippen LogP contribution in [0.1, 0.15) is 40.0 Å². The smallest absolute Gasteiger partial charge is 0.309 e. The number of esters is 2. The molecule has 0 aromatic rings. The van der Waals surface area contributed by atoms with Gasteiger partial charge in [-0.1, -0.05) is 27.2 Å². The van der Waals surface area contributed by atoms with Crippen molar-refractivity contribution in [2.45, 2.75) is 52.2 Å². The third kappa shape index (κ3) is 15.8. The Morgan fingerprint density at radius 2 is 1.81 bits per heavy atom. The Balaban J connectivity index is 4.33. The first-order valence-corrected chi connectivity index (χ1v) is 13.1. The molecule has 0 aromatic heterocycles. The second-order valence-electron chi connectivity index (χ2n) is 7.51. The number of aliphatic hydroxyl groups excluding tert-OH is 2. The van der Waals surface area contributed by atoms with Crippen LogP contribution in [0.15, 0.2) is 0 Å². The molecule has 0 fully saturated rings. The maximum atomic E-state index is 12.0. The Morgan fingerprint density at radius 3 is 2.41 bits per heavy atom. The van der Waals surface area contributed by atoms with Crippen LogP contribution in [-0.4, -0.2) is 91.7 Å². The molecule has 0 heterocycles. The molecule has 0 saturated carbocycles. The van der Waals surface area contributed by atoms with E-state index in [0.717, 1.165) is 6.42 Å². The second kappa shape index (κ2) is 17.5. The molecule has 3 N–H and O–H groups in total. The van der Waals surface area contributed by atoms with Gasteiger partial charge in [0, 0.05) is 24.5 Å². The number of carbonyl (C=O) groups excluding carboxylic acids is 2.